The lowest BCUT2D eigenvalue weighted by molar-refractivity contribution is -0.134. The fourth-order valence-corrected chi connectivity index (χ4v) is 1.71. The fourth-order valence-electron chi connectivity index (χ4n) is 1.44. The summed E-state index contributed by atoms with van der Waals surface area (Å²) in [4.78, 5) is 22.8. The molecule has 5 heteroatoms. The summed E-state index contributed by atoms with van der Waals surface area (Å²) < 4.78 is 0.927. The molecule has 4 nitrogen and oxygen atoms in total. The van der Waals surface area contributed by atoms with Crippen LogP contribution in [0.2, 0.25) is 0 Å². The zero-order chi connectivity index (χ0) is 14.4. The van der Waals surface area contributed by atoms with Crippen molar-refractivity contribution in [2.24, 2.45) is 5.92 Å². The van der Waals surface area contributed by atoms with Crippen LogP contribution in [0, 0.1) is 5.92 Å². The second-order valence-corrected chi connectivity index (χ2v) is 5.45. The molecule has 19 heavy (non-hydrogen) atoms. The quantitative estimate of drug-likeness (QED) is 0.477. The van der Waals surface area contributed by atoms with E-state index in [1.54, 1.807) is 12.1 Å². The zero-order valence-electron chi connectivity index (χ0n) is 10.8. The number of Topliss-reactive ketones (excluding diaryl/α,β-unsaturated/α-hetero) is 1. The highest BCUT2D eigenvalue weighted by Gasteiger charge is 2.18. The predicted molar refractivity (Wildman–Crippen MR) is 77.9 cm³/mol. The molecule has 0 amide bonds. The standard InChI is InChI=1S/C14H16BrNO3/c1-9(2)7-13(17)12(14(18)19)8-16-11-5-3-10(15)4-6-11/h3-6,8-9,16H,7H2,1-2H3,(H,18,19). The molecular formula is C14H16BrNO3. The van der Waals surface area contributed by atoms with Crippen LogP contribution < -0.4 is 5.32 Å². The van der Waals surface area contributed by atoms with Crippen molar-refractivity contribution in [2.45, 2.75) is 20.3 Å². The molecule has 0 saturated heterocycles. The van der Waals surface area contributed by atoms with Crippen LogP contribution in [0.5, 0.6) is 0 Å². The number of carboxylic acid groups (broad SMARTS) is 1. The van der Waals surface area contributed by atoms with Crippen LogP contribution in [0.3, 0.4) is 0 Å². The van der Waals surface area contributed by atoms with E-state index in [2.05, 4.69) is 21.2 Å². The number of hydrogen-bond acceptors (Lipinski definition) is 3. The smallest absolute Gasteiger partial charge is 0.340 e. The summed E-state index contributed by atoms with van der Waals surface area (Å²) in [5.74, 6) is -1.45. The van der Waals surface area contributed by atoms with Crippen molar-refractivity contribution < 1.29 is 14.7 Å². The van der Waals surface area contributed by atoms with Crippen molar-refractivity contribution in [3.8, 4) is 0 Å². The van der Waals surface area contributed by atoms with Crippen molar-refractivity contribution in [3.05, 3.63) is 40.5 Å². The molecule has 0 unspecified atom stereocenters. The number of carbonyl (C=O) groups excluding carboxylic acids is 1. The summed E-state index contributed by atoms with van der Waals surface area (Å²) in [6.07, 6.45) is 1.47. The molecule has 0 spiro atoms. The fraction of sp³-hybridized carbons (Fsp3) is 0.286. The van der Waals surface area contributed by atoms with Crippen LogP contribution in [-0.2, 0) is 9.59 Å². The van der Waals surface area contributed by atoms with Gasteiger partial charge in [0.2, 0.25) is 0 Å². The van der Waals surface area contributed by atoms with E-state index in [-0.39, 0.29) is 23.7 Å². The van der Waals surface area contributed by atoms with Gasteiger partial charge in [0, 0.05) is 22.8 Å². The number of carbonyl (C=O) groups is 2. The summed E-state index contributed by atoms with van der Waals surface area (Å²) in [5, 5.41) is 11.9. The number of anilines is 1. The normalized spacial score (nSPS) is 11.5. The highest BCUT2D eigenvalue weighted by Crippen LogP contribution is 2.15. The number of hydrogen-bond donors (Lipinski definition) is 2. The maximum atomic E-state index is 11.8. The second-order valence-electron chi connectivity index (χ2n) is 4.54. The van der Waals surface area contributed by atoms with Crippen LogP contribution in [-0.4, -0.2) is 16.9 Å². The van der Waals surface area contributed by atoms with E-state index in [4.69, 9.17) is 5.11 Å². The maximum Gasteiger partial charge on any atom is 0.340 e. The van der Waals surface area contributed by atoms with Gasteiger partial charge >= 0.3 is 5.97 Å². The molecule has 0 radical (unpaired) electrons. The number of nitrogens with one attached hydrogen (secondary N) is 1. The predicted octanol–water partition coefficient (Wildman–Crippen LogP) is 3.44. The summed E-state index contributed by atoms with van der Waals surface area (Å²) in [6, 6.07) is 7.22. The molecule has 0 heterocycles. The Bertz CT molecular complexity index is 492. The van der Waals surface area contributed by atoms with Crippen LogP contribution in [0.4, 0.5) is 5.69 Å². The minimum absolute atomic E-state index is 0.128. The molecule has 102 valence electrons. The van der Waals surface area contributed by atoms with Gasteiger partial charge in [0.05, 0.1) is 0 Å². The minimum Gasteiger partial charge on any atom is -0.478 e. The molecular weight excluding hydrogens is 310 g/mol. The van der Waals surface area contributed by atoms with Gasteiger partial charge in [-0.25, -0.2) is 4.79 Å². The van der Waals surface area contributed by atoms with E-state index < -0.39 is 5.97 Å². The van der Waals surface area contributed by atoms with Gasteiger partial charge in [-0.05, 0) is 30.2 Å². The van der Waals surface area contributed by atoms with Gasteiger partial charge in [0.1, 0.15) is 5.57 Å². The Kier molecular flexibility index (Phi) is 5.76. The molecule has 0 saturated carbocycles. The van der Waals surface area contributed by atoms with Crippen molar-refractivity contribution in [3.63, 3.8) is 0 Å². The molecule has 0 aliphatic carbocycles. The highest BCUT2D eigenvalue weighted by atomic mass is 79.9. The lowest BCUT2D eigenvalue weighted by atomic mass is 10.0. The highest BCUT2D eigenvalue weighted by molar-refractivity contribution is 9.10. The first-order valence-electron chi connectivity index (χ1n) is 5.89. The molecule has 0 aliphatic rings. The van der Waals surface area contributed by atoms with E-state index >= 15 is 0 Å². The van der Waals surface area contributed by atoms with Gasteiger partial charge in [-0.15, -0.1) is 0 Å². The van der Waals surface area contributed by atoms with Crippen molar-refractivity contribution in [1.29, 1.82) is 0 Å². The number of carboxylic acids is 1. The Balaban J connectivity index is 2.81. The number of ketones is 1. The van der Waals surface area contributed by atoms with Crippen molar-refractivity contribution >= 4 is 33.4 Å². The maximum absolute atomic E-state index is 11.8. The topological polar surface area (TPSA) is 66.4 Å². The van der Waals surface area contributed by atoms with Gasteiger partial charge < -0.3 is 10.4 Å². The first-order valence-corrected chi connectivity index (χ1v) is 6.68. The molecule has 2 N–H and O–H groups in total. The molecule has 1 aromatic carbocycles. The summed E-state index contributed by atoms with van der Waals surface area (Å²) in [5.41, 5.74) is 0.496. The molecule has 0 aliphatic heterocycles. The Hall–Kier alpha value is -1.62. The molecule has 0 fully saturated rings. The van der Waals surface area contributed by atoms with E-state index in [1.807, 2.05) is 26.0 Å². The van der Waals surface area contributed by atoms with Crippen LogP contribution in [0.15, 0.2) is 40.5 Å². The first-order chi connectivity index (χ1) is 8.90. The van der Waals surface area contributed by atoms with E-state index in [0.29, 0.717) is 0 Å². The Morgan fingerprint density at radius 1 is 1.32 bits per heavy atom. The van der Waals surface area contributed by atoms with Crippen LogP contribution in [0.25, 0.3) is 0 Å². The molecule has 0 bridgehead atoms. The van der Waals surface area contributed by atoms with Crippen molar-refractivity contribution in [1.82, 2.24) is 0 Å². The Morgan fingerprint density at radius 3 is 2.37 bits per heavy atom. The third-order valence-electron chi connectivity index (χ3n) is 2.35. The monoisotopic (exact) mass is 325 g/mol. The number of aliphatic carboxylic acids is 1. The summed E-state index contributed by atoms with van der Waals surface area (Å²) in [7, 11) is 0. The average Bonchev–Trinajstić information content (AvgIpc) is 2.30. The summed E-state index contributed by atoms with van der Waals surface area (Å²) >= 11 is 3.31. The largest absolute Gasteiger partial charge is 0.478 e. The number of rotatable bonds is 6. The lowest BCUT2D eigenvalue weighted by Crippen LogP contribution is -2.15. The Morgan fingerprint density at radius 2 is 1.89 bits per heavy atom. The number of halogens is 1. The van der Waals surface area contributed by atoms with Crippen LogP contribution >= 0.6 is 15.9 Å². The van der Waals surface area contributed by atoms with Gasteiger partial charge in [0.15, 0.2) is 5.78 Å². The van der Waals surface area contributed by atoms with E-state index in [9.17, 15) is 9.59 Å². The Labute approximate surface area is 120 Å². The lowest BCUT2D eigenvalue weighted by Gasteiger charge is -2.06. The van der Waals surface area contributed by atoms with E-state index in [1.165, 1.54) is 6.20 Å². The zero-order valence-corrected chi connectivity index (χ0v) is 12.4. The molecule has 1 aromatic rings. The number of benzene rings is 1. The average molecular weight is 326 g/mol. The minimum atomic E-state index is -1.21. The third kappa shape index (κ3) is 5.26. The SMILES string of the molecule is CC(C)CC(=O)C(=CNc1ccc(Br)cc1)C(=O)O. The van der Waals surface area contributed by atoms with E-state index in [0.717, 1.165) is 10.2 Å². The van der Waals surface area contributed by atoms with Gasteiger partial charge in [-0.1, -0.05) is 29.8 Å². The first kappa shape index (κ1) is 15.4. The molecule has 0 aromatic heterocycles. The van der Waals surface area contributed by atoms with Crippen molar-refractivity contribution in [2.75, 3.05) is 5.32 Å². The second kappa shape index (κ2) is 7.09. The van der Waals surface area contributed by atoms with Crippen LogP contribution in [0.1, 0.15) is 20.3 Å². The summed E-state index contributed by atoms with van der Waals surface area (Å²) in [6.45, 7) is 3.75. The molecule has 0 atom stereocenters. The third-order valence-corrected chi connectivity index (χ3v) is 2.88. The van der Waals surface area contributed by atoms with Gasteiger partial charge in [-0.2, -0.15) is 0 Å². The van der Waals surface area contributed by atoms with Gasteiger partial charge in [-0.3, -0.25) is 4.79 Å². The van der Waals surface area contributed by atoms with Gasteiger partial charge in [0.25, 0.3) is 0 Å². The molecule has 1 rings (SSSR count).